The average molecular weight is 283 g/mol. The molecule has 108 valence electrons. The highest BCUT2D eigenvalue weighted by molar-refractivity contribution is 6.34. The third-order valence-electron chi connectivity index (χ3n) is 3.25. The highest BCUT2D eigenvalue weighted by atomic mass is 16.2. The Bertz CT molecular complexity index is 614. The van der Waals surface area contributed by atoms with Gasteiger partial charge in [-0.3, -0.25) is 14.6 Å². The second kappa shape index (κ2) is 6.65. The third kappa shape index (κ3) is 3.66. The number of pyridine rings is 1. The van der Waals surface area contributed by atoms with Crippen LogP contribution in [0.1, 0.15) is 24.2 Å². The van der Waals surface area contributed by atoms with Gasteiger partial charge in [-0.2, -0.15) is 0 Å². The number of nitrogens with two attached hydrogens (primary N) is 1. The van der Waals surface area contributed by atoms with Crippen molar-refractivity contribution in [2.24, 2.45) is 5.73 Å². The van der Waals surface area contributed by atoms with E-state index in [1.54, 1.807) is 12.3 Å². The SMILES string of the molecule is CC(c1ccccn1)N(Cc1ccccc1)C(=O)C(N)=O. The van der Waals surface area contributed by atoms with E-state index in [0.717, 1.165) is 5.56 Å². The van der Waals surface area contributed by atoms with E-state index < -0.39 is 11.8 Å². The minimum atomic E-state index is -0.964. The molecule has 0 saturated heterocycles. The van der Waals surface area contributed by atoms with Gasteiger partial charge in [0.2, 0.25) is 0 Å². The van der Waals surface area contributed by atoms with Crippen LogP contribution in [0.15, 0.2) is 54.7 Å². The normalized spacial score (nSPS) is 11.7. The van der Waals surface area contributed by atoms with Crippen LogP contribution in [-0.2, 0) is 16.1 Å². The molecule has 2 amide bonds. The zero-order valence-electron chi connectivity index (χ0n) is 11.8. The molecule has 0 radical (unpaired) electrons. The number of carbonyl (C=O) groups is 2. The molecule has 0 fully saturated rings. The highest BCUT2D eigenvalue weighted by Gasteiger charge is 2.26. The number of rotatable bonds is 4. The van der Waals surface area contributed by atoms with E-state index in [1.807, 2.05) is 49.4 Å². The fraction of sp³-hybridized carbons (Fsp3) is 0.188. The molecule has 0 aliphatic rings. The van der Waals surface area contributed by atoms with Crippen LogP contribution in [0.25, 0.3) is 0 Å². The molecule has 0 aliphatic heterocycles. The van der Waals surface area contributed by atoms with E-state index >= 15 is 0 Å². The number of amides is 2. The van der Waals surface area contributed by atoms with E-state index in [-0.39, 0.29) is 6.04 Å². The maximum absolute atomic E-state index is 12.1. The van der Waals surface area contributed by atoms with E-state index in [1.165, 1.54) is 4.90 Å². The van der Waals surface area contributed by atoms with E-state index in [2.05, 4.69) is 4.98 Å². The zero-order chi connectivity index (χ0) is 15.2. The maximum Gasteiger partial charge on any atom is 0.312 e. The Labute approximate surface area is 123 Å². The molecule has 0 spiro atoms. The summed E-state index contributed by atoms with van der Waals surface area (Å²) in [6, 6.07) is 14.6. The van der Waals surface area contributed by atoms with Gasteiger partial charge in [-0.05, 0) is 24.6 Å². The monoisotopic (exact) mass is 283 g/mol. The molecule has 2 rings (SSSR count). The lowest BCUT2D eigenvalue weighted by molar-refractivity contribution is -0.146. The van der Waals surface area contributed by atoms with Crippen LogP contribution in [0.3, 0.4) is 0 Å². The lowest BCUT2D eigenvalue weighted by atomic mass is 10.1. The van der Waals surface area contributed by atoms with Crippen molar-refractivity contribution in [3.8, 4) is 0 Å². The second-order valence-corrected chi connectivity index (χ2v) is 4.71. The molecule has 21 heavy (non-hydrogen) atoms. The molecule has 1 aromatic heterocycles. The molecule has 1 heterocycles. The largest absolute Gasteiger partial charge is 0.361 e. The Balaban J connectivity index is 2.28. The minimum Gasteiger partial charge on any atom is -0.361 e. The van der Waals surface area contributed by atoms with Crippen LogP contribution >= 0.6 is 0 Å². The van der Waals surface area contributed by atoms with Gasteiger partial charge < -0.3 is 10.6 Å². The van der Waals surface area contributed by atoms with Crippen LogP contribution in [0.4, 0.5) is 0 Å². The van der Waals surface area contributed by atoms with Gasteiger partial charge in [-0.25, -0.2) is 0 Å². The first-order valence-electron chi connectivity index (χ1n) is 6.65. The van der Waals surface area contributed by atoms with Gasteiger partial charge in [0.15, 0.2) is 0 Å². The number of primary amides is 1. The van der Waals surface area contributed by atoms with Crippen molar-refractivity contribution in [2.75, 3.05) is 0 Å². The van der Waals surface area contributed by atoms with Crippen LogP contribution in [0.5, 0.6) is 0 Å². The molecule has 0 aliphatic carbocycles. The van der Waals surface area contributed by atoms with Gasteiger partial charge in [0.25, 0.3) is 0 Å². The summed E-state index contributed by atoms with van der Waals surface area (Å²) in [5, 5.41) is 0. The van der Waals surface area contributed by atoms with Gasteiger partial charge in [0.1, 0.15) is 0 Å². The molecule has 1 atom stereocenters. The number of hydrogen-bond donors (Lipinski definition) is 1. The predicted molar refractivity (Wildman–Crippen MR) is 78.8 cm³/mol. The molecular formula is C16H17N3O2. The summed E-state index contributed by atoms with van der Waals surface area (Å²) >= 11 is 0. The highest BCUT2D eigenvalue weighted by Crippen LogP contribution is 2.20. The molecular weight excluding hydrogens is 266 g/mol. The van der Waals surface area contributed by atoms with Gasteiger partial charge in [-0.15, -0.1) is 0 Å². The smallest absolute Gasteiger partial charge is 0.312 e. The lowest BCUT2D eigenvalue weighted by Gasteiger charge is -2.27. The van der Waals surface area contributed by atoms with Crippen LogP contribution in [-0.4, -0.2) is 21.7 Å². The topological polar surface area (TPSA) is 76.3 Å². The molecule has 2 aromatic rings. The van der Waals surface area contributed by atoms with Crippen molar-refractivity contribution in [1.29, 1.82) is 0 Å². The number of nitrogens with zero attached hydrogens (tertiary/aromatic N) is 2. The van der Waals surface area contributed by atoms with Crippen molar-refractivity contribution < 1.29 is 9.59 Å². The number of aromatic nitrogens is 1. The Morgan fingerprint density at radius 1 is 1.14 bits per heavy atom. The summed E-state index contributed by atoms with van der Waals surface area (Å²) in [6.07, 6.45) is 1.65. The van der Waals surface area contributed by atoms with Crippen LogP contribution in [0, 0.1) is 0 Å². The predicted octanol–water partition coefficient (Wildman–Crippen LogP) is 1.66. The first-order chi connectivity index (χ1) is 10.1. The summed E-state index contributed by atoms with van der Waals surface area (Å²) in [6.45, 7) is 2.13. The van der Waals surface area contributed by atoms with Crippen molar-refractivity contribution in [1.82, 2.24) is 9.88 Å². The quantitative estimate of drug-likeness (QED) is 0.867. The fourth-order valence-electron chi connectivity index (χ4n) is 2.09. The third-order valence-corrected chi connectivity index (χ3v) is 3.25. The molecule has 0 saturated carbocycles. The molecule has 5 heteroatoms. The molecule has 1 aromatic carbocycles. The van der Waals surface area contributed by atoms with Crippen molar-refractivity contribution >= 4 is 11.8 Å². The van der Waals surface area contributed by atoms with E-state index in [4.69, 9.17) is 5.73 Å². The minimum absolute atomic E-state index is 0.306. The van der Waals surface area contributed by atoms with Crippen molar-refractivity contribution in [3.63, 3.8) is 0 Å². The summed E-state index contributed by atoms with van der Waals surface area (Å²) in [4.78, 5) is 29.0. The summed E-state index contributed by atoms with van der Waals surface area (Å²) in [7, 11) is 0. The van der Waals surface area contributed by atoms with Gasteiger partial charge in [-0.1, -0.05) is 36.4 Å². The molecule has 0 bridgehead atoms. The lowest BCUT2D eigenvalue weighted by Crippen LogP contribution is -2.41. The standard InChI is InChI=1S/C16H17N3O2/c1-12(14-9-5-6-10-18-14)19(16(21)15(17)20)11-13-7-3-2-4-8-13/h2-10,12H,11H2,1H3,(H2,17,20). The van der Waals surface area contributed by atoms with Gasteiger partial charge in [0.05, 0.1) is 11.7 Å². The Kier molecular flexibility index (Phi) is 4.66. The van der Waals surface area contributed by atoms with Crippen LogP contribution in [0.2, 0.25) is 0 Å². The molecule has 2 N–H and O–H groups in total. The Morgan fingerprint density at radius 2 is 1.81 bits per heavy atom. The Morgan fingerprint density at radius 3 is 2.38 bits per heavy atom. The molecule has 1 unspecified atom stereocenters. The van der Waals surface area contributed by atoms with Gasteiger partial charge >= 0.3 is 11.8 Å². The maximum atomic E-state index is 12.1. The second-order valence-electron chi connectivity index (χ2n) is 4.71. The van der Waals surface area contributed by atoms with E-state index in [0.29, 0.717) is 12.2 Å². The van der Waals surface area contributed by atoms with E-state index in [9.17, 15) is 9.59 Å². The number of carbonyl (C=O) groups excluding carboxylic acids is 2. The zero-order valence-corrected chi connectivity index (χ0v) is 11.8. The van der Waals surface area contributed by atoms with Crippen LogP contribution < -0.4 is 5.73 Å². The van der Waals surface area contributed by atoms with Crippen molar-refractivity contribution in [3.05, 3.63) is 66.0 Å². The van der Waals surface area contributed by atoms with Gasteiger partial charge in [0, 0.05) is 12.7 Å². The first-order valence-corrected chi connectivity index (χ1v) is 6.65. The number of hydrogen-bond acceptors (Lipinski definition) is 3. The summed E-state index contributed by atoms with van der Waals surface area (Å²) in [5.41, 5.74) is 6.79. The Hall–Kier alpha value is -2.69. The average Bonchev–Trinajstić information content (AvgIpc) is 2.53. The van der Waals surface area contributed by atoms with Crippen molar-refractivity contribution in [2.45, 2.75) is 19.5 Å². The number of benzene rings is 1. The fourth-order valence-corrected chi connectivity index (χ4v) is 2.09. The molecule has 5 nitrogen and oxygen atoms in total. The first kappa shape index (κ1) is 14.7. The summed E-state index contributed by atoms with van der Waals surface area (Å²) < 4.78 is 0. The summed E-state index contributed by atoms with van der Waals surface area (Å²) in [5.74, 6) is -1.68.